The van der Waals surface area contributed by atoms with Gasteiger partial charge in [-0.25, -0.2) is 0 Å². The number of hydrogen-bond donors (Lipinski definition) is 5. The van der Waals surface area contributed by atoms with Crippen LogP contribution in [0, 0.1) is 0 Å². The van der Waals surface area contributed by atoms with Crippen LogP contribution in [0.15, 0.2) is 0 Å². The highest BCUT2D eigenvalue weighted by atomic mass is 16.4. The number of fused-ring (bicyclic) bond motifs is 1. The van der Waals surface area contributed by atoms with Crippen LogP contribution in [0.4, 0.5) is 0 Å². The van der Waals surface area contributed by atoms with Gasteiger partial charge in [0.1, 0.15) is 0 Å². The predicted molar refractivity (Wildman–Crippen MR) is 45.4 cm³/mol. The zero-order valence-corrected chi connectivity index (χ0v) is 7.56. The molecule has 0 radical (unpaired) electrons. The van der Waals surface area contributed by atoms with Crippen LogP contribution >= 0.6 is 0 Å². The van der Waals surface area contributed by atoms with Gasteiger partial charge in [-0.15, -0.1) is 0 Å². The molecule has 0 amide bonds. The van der Waals surface area contributed by atoms with Gasteiger partial charge in [0.15, 0.2) is 0 Å². The second-order valence-electron chi connectivity index (χ2n) is 3.98. The van der Waals surface area contributed by atoms with Crippen LogP contribution in [-0.2, 0) is 0 Å². The van der Waals surface area contributed by atoms with Gasteiger partial charge in [-0.2, -0.15) is 0 Å². The van der Waals surface area contributed by atoms with Gasteiger partial charge in [-0.3, -0.25) is 4.90 Å². The monoisotopic (exact) mass is 205 g/mol. The molecule has 0 aliphatic carbocycles. The largest absolute Gasteiger partial charge is 0.395 e. The maximum atomic E-state index is 9.58. The van der Waals surface area contributed by atoms with Crippen LogP contribution in [-0.4, -0.2) is 80.1 Å². The van der Waals surface area contributed by atoms with Crippen molar-refractivity contribution in [2.75, 3.05) is 13.2 Å². The van der Waals surface area contributed by atoms with Gasteiger partial charge in [0.05, 0.1) is 43.1 Å². The molecule has 0 bridgehead atoms. The van der Waals surface area contributed by atoms with Gasteiger partial charge in [0, 0.05) is 6.54 Å². The Hall–Kier alpha value is -0.240. The number of nitrogens with zero attached hydrogens (tertiary/aromatic N) is 1. The molecule has 2 fully saturated rings. The summed E-state index contributed by atoms with van der Waals surface area (Å²) in [6.45, 7) is -0.126. The van der Waals surface area contributed by atoms with Crippen molar-refractivity contribution in [1.29, 1.82) is 0 Å². The number of aliphatic hydroxyl groups excluding tert-OH is 5. The first-order valence-electron chi connectivity index (χ1n) is 4.66. The summed E-state index contributed by atoms with van der Waals surface area (Å²) in [6, 6.07) is -1.26. The quantitative estimate of drug-likeness (QED) is 0.304. The highest BCUT2D eigenvalue weighted by molar-refractivity contribution is 5.09. The molecule has 2 aliphatic rings. The Kier molecular flexibility index (Phi) is 2.50. The average molecular weight is 205 g/mol. The van der Waals surface area contributed by atoms with Crippen molar-refractivity contribution in [3.8, 4) is 0 Å². The number of hydrogen-bond acceptors (Lipinski definition) is 6. The van der Waals surface area contributed by atoms with Gasteiger partial charge in [0.25, 0.3) is 0 Å². The minimum atomic E-state index is -1.11. The topological polar surface area (TPSA) is 104 Å². The lowest BCUT2D eigenvalue weighted by atomic mass is 10.0. The summed E-state index contributed by atoms with van der Waals surface area (Å²) in [6.07, 6.45) is -4.15. The molecule has 14 heavy (non-hydrogen) atoms. The molecular formula is C8H15NO5. The highest BCUT2D eigenvalue weighted by Gasteiger charge is 2.56. The Morgan fingerprint density at radius 1 is 1.00 bits per heavy atom. The van der Waals surface area contributed by atoms with Crippen molar-refractivity contribution in [3.63, 3.8) is 0 Å². The Morgan fingerprint density at radius 2 is 1.64 bits per heavy atom. The molecule has 6 heteroatoms. The Morgan fingerprint density at radius 3 is 2.21 bits per heavy atom. The zero-order valence-electron chi connectivity index (χ0n) is 7.56. The number of aliphatic hydroxyl groups is 5. The van der Waals surface area contributed by atoms with Gasteiger partial charge in [0.2, 0.25) is 0 Å². The van der Waals surface area contributed by atoms with Crippen LogP contribution in [0.2, 0.25) is 0 Å². The van der Waals surface area contributed by atoms with E-state index in [0.29, 0.717) is 0 Å². The highest BCUT2D eigenvalue weighted by Crippen LogP contribution is 2.33. The standard InChI is InChI=1S/C8H15NO5/c10-2-3-6(12)8(14)5-7(13)4(11)1-9(3)5/h3-8,10-14H,1-2H2/t3-,4-,5?,6+,7-,8+/m0/s1. The van der Waals surface area contributed by atoms with E-state index in [-0.39, 0.29) is 13.2 Å². The Bertz CT molecular complexity index is 226. The maximum absolute atomic E-state index is 9.58. The lowest BCUT2D eigenvalue weighted by Crippen LogP contribution is -2.41. The van der Waals surface area contributed by atoms with Crippen molar-refractivity contribution in [1.82, 2.24) is 4.90 Å². The van der Waals surface area contributed by atoms with Crippen molar-refractivity contribution in [3.05, 3.63) is 0 Å². The van der Waals surface area contributed by atoms with E-state index in [1.807, 2.05) is 0 Å². The third-order valence-electron chi connectivity index (χ3n) is 3.23. The van der Waals surface area contributed by atoms with E-state index in [9.17, 15) is 20.4 Å². The van der Waals surface area contributed by atoms with Crippen LogP contribution in [0.3, 0.4) is 0 Å². The molecule has 0 aromatic rings. The fraction of sp³-hybridized carbons (Fsp3) is 1.00. The van der Waals surface area contributed by atoms with Crippen molar-refractivity contribution in [2.45, 2.75) is 36.5 Å². The molecule has 1 unspecified atom stereocenters. The average Bonchev–Trinajstić information content (AvgIpc) is 2.54. The Labute approximate surface area is 81.0 Å². The Balaban J connectivity index is 2.21. The van der Waals surface area contributed by atoms with E-state index in [0.717, 1.165) is 0 Å². The molecule has 0 saturated carbocycles. The van der Waals surface area contributed by atoms with Gasteiger partial charge in [-0.1, -0.05) is 0 Å². The van der Waals surface area contributed by atoms with E-state index in [2.05, 4.69) is 0 Å². The molecule has 2 heterocycles. The summed E-state index contributed by atoms with van der Waals surface area (Å²) in [5.74, 6) is 0. The van der Waals surface area contributed by atoms with E-state index < -0.39 is 36.5 Å². The molecule has 2 saturated heterocycles. The first kappa shape index (κ1) is 10.3. The minimum Gasteiger partial charge on any atom is -0.395 e. The molecule has 0 aromatic carbocycles. The van der Waals surface area contributed by atoms with Gasteiger partial charge in [-0.05, 0) is 0 Å². The first-order chi connectivity index (χ1) is 6.57. The summed E-state index contributed by atoms with van der Waals surface area (Å²) >= 11 is 0. The fourth-order valence-electron chi connectivity index (χ4n) is 2.46. The lowest BCUT2D eigenvalue weighted by Gasteiger charge is -2.22. The summed E-state index contributed by atoms with van der Waals surface area (Å²) in [7, 11) is 0. The smallest absolute Gasteiger partial charge is 0.0996 e. The third-order valence-corrected chi connectivity index (χ3v) is 3.23. The molecule has 82 valence electrons. The second-order valence-corrected chi connectivity index (χ2v) is 3.98. The van der Waals surface area contributed by atoms with Gasteiger partial charge < -0.3 is 25.5 Å². The maximum Gasteiger partial charge on any atom is 0.0996 e. The molecule has 2 aliphatic heterocycles. The summed E-state index contributed by atoms with van der Waals surface area (Å²) in [4.78, 5) is 1.56. The van der Waals surface area contributed by atoms with E-state index in [1.165, 1.54) is 0 Å². The van der Waals surface area contributed by atoms with Crippen LogP contribution in [0.5, 0.6) is 0 Å². The van der Waals surface area contributed by atoms with Crippen molar-refractivity contribution >= 4 is 0 Å². The molecule has 6 atom stereocenters. The summed E-state index contributed by atoms with van der Waals surface area (Å²) in [5, 5.41) is 47.0. The van der Waals surface area contributed by atoms with Gasteiger partial charge >= 0.3 is 0 Å². The molecule has 5 N–H and O–H groups in total. The van der Waals surface area contributed by atoms with Crippen LogP contribution in [0.25, 0.3) is 0 Å². The lowest BCUT2D eigenvalue weighted by molar-refractivity contribution is -0.0268. The molecule has 0 spiro atoms. The second kappa shape index (κ2) is 3.41. The van der Waals surface area contributed by atoms with E-state index in [4.69, 9.17) is 5.11 Å². The SMILES string of the molecule is OC[C@H]1[C@@H](O)[C@H](O)C2[C@@H](O)[C@@H](O)CN21. The van der Waals surface area contributed by atoms with Crippen molar-refractivity contribution < 1.29 is 25.5 Å². The van der Waals surface area contributed by atoms with E-state index >= 15 is 0 Å². The van der Waals surface area contributed by atoms with E-state index in [1.54, 1.807) is 4.90 Å². The molecular weight excluding hydrogens is 190 g/mol. The molecule has 0 aromatic heterocycles. The van der Waals surface area contributed by atoms with Crippen LogP contribution < -0.4 is 0 Å². The molecule has 2 rings (SSSR count). The molecule has 6 nitrogen and oxygen atoms in total. The fourth-order valence-corrected chi connectivity index (χ4v) is 2.46. The summed E-state index contributed by atoms with van der Waals surface area (Å²) in [5.41, 5.74) is 0. The third kappa shape index (κ3) is 1.19. The van der Waals surface area contributed by atoms with Crippen LogP contribution in [0.1, 0.15) is 0 Å². The first-order valence-corrected chi connectivity index (χ1v) is 4.66. The van der Waals surface area contributed by atoms with Crippen molar-refractivity contribution in [2.24, 2.45) is 0 Å². The minimum absolute atomic E-state index is 0.172. The normalized spacial score (nSPS) is 53.8. The summed E-state index contributed by atoms with van der Waals surface area (Å²) < 4.78 is 0. The predicted octanol–water partition coefficient (Wildman–Crippen LogP) is -3.51. The zero-order chi connectivity index (χ0) is 10.5. The number of rotatable bonds is 1.